The minimum absolute atomic E-state index is 0.201. The Hall–Kier alpha value is -2.21. The minimum Gasteiger partial charge on any atom is -0.490 e. The second kappa shape index (κ2) is 8.88. The summed E-state index contributed by atoms with van der Waals surface area (Å²) < 4.78 is 73.3. The van der Waals surface area contributed by atoms with E-state index < -0.39 is 27.7 Å². The average Bonchev–Trinajstić information content (AvgIpc) is 2.69. The first kappa shape index (κ1) is 22.5. The first-order valence-corrected chi connectivity index (χ1v) is 11.0. The highest BCUT2D eigenvalue weighted by Crippen LogP contribution is 2.28. The Kier molecular flexibility index (Phi) is 6.65. The van der Waals surface area contributed by atoms with E-state index in [0.717, 1.165) is 12.1 Å². The molecule has 12 heteroatoms. The van der Waals surface area contributed by atoms with Gasteiger partial charge in [-0.3, -0.25) is 0 Å². The molecule has 0 aliphatic carbocycles. The monoisotopic (exact) mass is 452 g/mol. The quantitative estimate of drug-likeness (QED) is 0.738. The molecule has 1 aromatic rings. The molecule has 0 atom stereocenters. The molecule has 2 saturated heterocycles. The van der Waals surface area contributed by atoms with Gasteiger partial charge in [0.05, 0.1) is 5.25 Å². The zero-order valence-corrected chi connectivity index (χ0v) is 16.9. The number of ether oxygens (including phenoxy) is 2. The molecule has 0 aromatic heterocycles. The highest BCUT2D eigenvalue weighted by molar-refractivity contribution is 7.89. The Morgan fingerprint density at radius 2 is 1.50 bits per heavy atom. The summed E-state index contributed by atoms with van der Waals surface area (Å²) in [5.41, 5.74) is 0. The lowest BCUT2D eigenvalue weighted by molar-refractivity contribution is -0.274. The van der Waals surface area contributed by atoms with Gasteiger partial charge in [-0.15, -0.1) is 13.2 Å². The van der Waals surface area contributed by atoms with Gasteiger partial charge in [-0.05, 0) is 49.9 Å². The van der Waals surface area contributed by atoms with Crippen LogP contribution in [-0.4, -0.2) is 72.7 Å². The van der Waals surface area contributed by atoms with Crippen LogP contribution in [-0.2, 0) is 10.0 Å². The number of benzene rings is 1. The van der Waals surface area contributed by atoms with E-state index in [4.69, 9.17) is 9.84 Å². The molecule has 2 fully saturated rings. The Labute approximate surface area is 172 Å². The number of carboxylic acid groups (broad SMARTS) is 1. The molecule has 2 aliphatic heterocycles. The maximum atomic E-state index is 12.8. The molecule has 1 aromatic carbocycles. The van der Waals surface area contributed by atoms with Gasteiger partial charge in [-0.1, -0.05) is 0 Å². The lowest BCUT2D eigenvalue weighted by Gasteiger charge is -2.36. The molecule has 2 heterocycles. The summed E-state index contributed by atoms with van der Waals surface area (Å²) in [5, 5.41) is 8.40. The van der Waals surface area contributed by atoms with E-state index in [-0.39, 0.29) is 50.9 Å². The SMILES string of the molecule is O=C(O)N1CCC(S(=O)(=O)N2CCC(Oc3ccc(OC(F)(F)F)cc3)CC2)CC1. The number of halogens is 3. The molecule has 3 rings (SSSR count). The summed E-state index contributed by atoms with van der Waals surface area (Å²) in [5.74, 6) is 0.0385. The molecule has 0 radical (unpaired) electrons. The standard InChI is InChI=1S/C18H23F3N2O6S/c19-18(20,21)29-15-3-1-13(2-4-15)28-14-5-11-23(12-6-14)30(26,27)16-7-9-22(10-8-16)17(24)25/h1-4,14,16H,5-12H2,(H,24,25). The van der Waals surface area contributed by atoms with Gasteiger partial charge in [0.25, 0.3) is 0 Å². The van der Waals surface area contributed by atoms with Crippen LogP contribution in [0.5, 0.6) is 11.5 Å². The summed E-state index contributed by atoms with van der Waals surface area (Å²) in [4.78, 5) is 12.2. The van der Waals surface area contributed by atoms with Crippen LogP contribution < -0.4 is 9.47 Å². The minimum atomic E-state index is -4.76. The van der Waals surface area contributed by atoms with Gasteiger partial charge in [-0.25, -0.2) is 17.5 Å². The fourth-order valence-electron chi connectivity index (χ4n) is 3.67. The number of sulfonamides is 1. The van der Waals surface area contributed by atoms with Gasteiger partial charge in [0.1, 0.15) is 17.6 Å². The maximum absolute atomic E-state index is 12.8. The predicted octanol–water partition coefficient (Wildman–Crippen LogP) is 2.90. The van der Waals surface area contributed by atoms with E-state index in [1.165, 1.54) is 21.3 Å². The zero-order chi connectivity index (χ0) is 21.9. The van der Waals surface area contributed by atoms with E-state index in [1.54, 1.807) is 0 Å². The van der Waals surface area contributed by atoms with Crippen molar-refractivity contribution in [3.8, 4) is 11.5 Å². The van der Waals surface area contributed by atoms with Gasteiger partial charge in [0.2, 0.25) is 10.0 Å². The van der Waals surface area contributed by atoms with Crippen LogP contribution in [0.2, 0.25) is 0 Å². The molecule has 8 nitrogen and oxygen atoms in total. The summed E-state index contributed by atoms with van der Waals surface area (Å²) in [7, 11) is -3.52. The first-order chi connectivity index (χ1) is 14.0. The molecule has 0 saturated carbocycles. The topological polar surface area (TPSA) is 96.4 Å². The van der Waals surface area contributed by atoms with E-state index in [0.29, 0.717) is 18.6 Å². The molecule has 1 N–H and O–H groups in total. The molecule has 2 aliphatic rings. The van der Waals surface area contributed by atoms with Crippen LogP contribution >= 0.6 is 0 Å². The normalized spacial score (nSPS) is 20.2. The average molecular weight is 452 g/mol. The van der Waals surface area contributed by atoms with Gasteiger partial charge >= 0.3 is 12.5 Å². The van der Waals surface area contributed by atoms with E-state index >= 15 is 0 Å². The number of carbonyl (C=O) groups is 1. The van der Waals surface area contributed by atoms with Crippen LogP contribution in [0, 0.1) is 0 Å². The molecule has 0 spiro atoms. The predicted molar refractivity (Wildman–Crippen MR) is 99.9 cm³/mol. The van der Waals surface area contributed by atoms with Crippen LogP contribution in [0.25, 0.3) is 0 Å². The van der Waals surface area contributed by atoms with Crippen LogP contribution in [0.1, 0.15) is 25.7 Å². The molecular formula is C18H23F3N2O6S. The van der Waals surface area contributed by atoms with Crippen molar-refractivity contribution in [1.29, 1.82) is 0 Å². The van der Waals surface area contributed by atoms with Gasteiger partial charge in [0, 0.05) is 26.2 Å². The van der Waals surface area contributed by atoms with Crippen LogP contribution in [0.3, 0.4) is 0 Å². The van der Waals surface area contributed by atoms with Crippen molar-refractivity contribution in [2.75, 3.05) is 26.2 Å². The number of hydrogen-bond donors (Lipinski definition) is 1. The molecule has 0 bridgehead atoms. The van der Waals surface area contributed by atoms with Crippen molar-refractivity contribution in [1.82, 2.24) is 9.21 Å². The fraction of sp³-hybridized carbons (Fsp3) is 0.611. The number of likely N-dealkylation sites (tertiary alicyclic amines) is 1. The second-order valence-electron chi connectivity index (χ2n) is 7.25. The number of alkyl halides is 3. The third-order valence-electron chi connectivity index (χ3n) is 5.25. The lowest BCUT2D eigenvalue weighted by Crippen LogP contribution is -2.49. The Morgan fingerprint density at radius 1 is 0.967 bits per heavy atom. The molecular weight excluding hydrogens is 429 g/mol. The molecule has 1 amide bonds. The summed E-state index contributed by atoms with van der Waals surface area (Å²) >= 11 is 0. The van der Waals surface area contributed by atoms with Crippen molar-refractivity contribution in [3.05, 3.63) is 24.3 Å². The van der Waals surface area contributed by atoms with Crippen LogP contribution in [0.4, 0.5) is 18.0 Å². The van der Waals surface area contributed by atoms with E-state index in [9.17, 15) is 26.4 Å². The maximum Gasteiger partial charge on any atom is 0.573 e. The van der Waals surface area contributed by atoms with Crippen molar-refractivity contribution < 1.29 is 41.0 Å². The van der Waals surface area contributed by atoms with Crippen molar-refractivity contribution >= 4 is 16.1 Å². The molecule has 0 unspecified atom stereocenters. The largest absolute Gasteiger partial charge is 0.573 e. The number of piperidine rings is 2. The molecule has 168 valence electrons. The number of hydrogen-bond acceptors (Lipinski definition) is 5. The summed E-state index contributed by atoms with van der Waals surface area (Å²) in [6, 6.07) is 5.07. The third-order valence-corrected chi connectivity index (χ3v) is 7.65. The smallest absolute Gasteiger partial charge is 0.490 e. The van der Waals surface area contributed by atoms with E-state index in [1.807, 2.05) is 0 Å². The van der Waals surface area contributed by atoms with E-state index in [2.05, 4.69) is 4.74 Å². The van der Waals surface area contributed by atoms with Gasteiger partial charge < -0.3 is 19.5 Å². The number of amides is 1. The lowest BCUT2D eigenvalue weighted by atomic mass is 10.1. The summed E-state index contributed by atoms with van der Waals surface area (Å²) in [6.07, 6.45) is -4.59. The fourth-order valence-corrected chi connectivity index (χ4v) is 5.62. The van der Waals surface area contributed by atoms with Crippen molar-refractivity contribution in [2.24, 2.45) is 0 Å². The highest BCUT2D eigenvalue weighted by Gasteiger charge is 2.37. The van der Waals surface area contributed by atoms with Gasteiger partial charge in [-0.2, -0.15) is 0 Å². The highest BCUT2D eigenvalue weighted by atomic mass is 32.2. The Morgan fingerprint density at radius 3 is 2.00 bits per heavy atom. The Balaban J connectivity index is 1.49. The third kappa shape index (κ3) is 5.69. The van der Waals surface area contributed by atoms with Gasteiger partial charge in [0.15, 0.2) is 0 Å². The van der Waals surface area contributed by atoms with Crippen molar-refractivity contribution in [3.63, 3.8) is 0 Å². The number of nitrogens with zero attached hydrogens (tertiary/aromatic N) is 2. The van der Waals surface area contributed by atoms with Crippen LogP contribution in [0.15, 0.2) is 24.3 Å². The number of rotatable bonds is 5. The molecule has 30 heavy (non-hydrogen) atoms. The van der Waals surface area contributed by atoms with Crippen molar-refractivity contribution in [2.45, 2.75) is 43.4 Å². The zero-order valence-electron chi connectivity index (χ0n) is 16.0. The first-order valence-electron chi connectivity index (χ1n) is 9.54. The Bertz CT molecular complexity index is 830. The summed E-state index contributed by atoms with van der Waals surface area (Å²) in [6.45, 7) is 0.961. The second-order valence-corrected chi connectivity index (χ2v) is 9.46.